The zero-order chi connectivity index (χ0) is 19.9. The number of carbonyl (C=O) groups excluding carboxylic acids is 1. The summed E-state index contributed by atoms with van der Waals surface area (Å²) in [6.07, 6.45) is 4.16. The van der Waals surface area contributed by atoms with Crippen molar-refractivity contribution >= 4 is 12.0 Å². The van der Waals surface area contributed by atoms with Gasteiger partial charge in [0.15, 0.2) is 0 Å². The molecule has 2 N–H and O–H groups in total. The van der Waals surface area contributed by atoms with Crippen molar-refractivity contribution in [3.63, 3.8) is 0 Å². The number of carbonyl (C=O) groups is 1. The summed E-state index contributed by atoms with van der Waals surface area (Å²) in [6.45, 7) is 3.99. The van der Waals surface area contributed by atoms with Crippen molar-refractivity contribution < 1.29 is 4.79 Å². The van der Waals surface area contributed by atoms with E-state index in [1.807, 2.05) is 55.5 Å². The minimum Gasteiger partial charge on any atom is -0.345 e. The molecule has 1 unspecified atom stereocenters. The molecule has 5 nitrogen and oxygen atoms in total. The summed E-state index contributed by atoms with van der Waals surface area (Å²) < 4.78 is 0. The van der Waals surface area contributed by atoms with Crippen molar-refractivity contribution in [1.29, 1.82) is 5.26 Å². The van der Waals surface area contributed by atoms with Crippen LogP contribution in [0.2, 0.25) is 0 Å². The van der Waals surface area contributed by atoms with Gasteiger partial charge in [-0.25, -0.2) is 0 Å². The molecule has 28 heavy (non-hydrogen) atoms. The SMILES string of the molecule is CCc1ccc(-c2[nH]ncc2C=C(C#N)C(=O)NC(C)c2ccccc2)cc1. The number of nitrogens with zero attached hydrogens (tertiary/aromatic N) is 2. The maximum Gasteiger partial charge on any atom is 0.262 e. The second kappa shape index (κ2) is 8.83. The van der Waals surface area contributed by atoms with E-state index in [4.69, 9.17) is 0 Å². The first-order chi connectivity index (χ1) is 13.6. The van der Waals surface area contributed by atoms with Gasteiger partial charge in [-0.2, -0.15) is 10.4 Å². The smallest absolute Gasteiger partial charge is 0.262 e. The van der Waals surface area contributed by atoms with Crippen molar-refractivity contribution in [1.82, 2.24) is 15.5 Å². The van der Waals surface area contributed by atoms with E-state index in [0.717, 1.165) is 23.2 Å². The molecule has 140 valence electrons. The number of aromatic nitrogens is 2. The molecule has 0 saturated carbocycles. The lowest BCUT2D eigenvalue weighted by atomic mass is 10.0. The van der Waals surface area contributed by atoms with Crippen molar-refractivity contribution in [3.8, 4) is 17.3 Å². The lowest BCUT2D eigenvalue weighted by Gasteiger charge is -2.13. The molecule has 0 fully saturated rings. The maximum atomic E-state index is 12.6. The van der Waals surface area contributed by atoms with Crippen LogP contribution >= 0.6 is 0 Å². The van der Waals surface area contributed by atoms with Gasteiger partial charge >= 0.3 is 0 Å². The van der Waals surface area contributed by atoms with Gasteiger partial charge in [0.05, 0.1) is 17.9 Å². The Bertz CT molecular complexity index is 1010. The number of hydrogen-bond donors (Lipinski definition) is 2. The van der Waals surface area contributed by atoms with Crippen LogP contribution in [0.15, 0.2) is 66.4 Å². The number of rotatable bonds is 6. The Balaban J connectivity index is 1.82. The quantitative estimate of drug-likeness (QED) is 0.498. The Morgan fingerprint density at radius 3 is 2.57 bits per heavy atom. The van der Waals surface area contributed by atoms with Crippen LogP contribution in [0.4, 0.5) is 0 Å². The molecule has 2 aromatic carbocycles. The number of benzene rings is 2. The fraction of sp³-hybridized carbons (Fsp3) is 0.174. The summed E-state index contributed by atoms with van der Waals surface area (Å²) in [6, 6.07) is 19.6. The number of nitriles is 1. The predicted molar refractivity (Wildman–Crippen MR) is 110 cm³/mol. The highest BCUT2D eigenvalue weighted by atomic mass is 16.1. The summed E-state index contributed by atoms with van der Waals surface area (Å²) in [4.78, 5) is 12.6. The standard InChI is InChI=1S/C23H22N4O/c1-3-17-9-11-19(12-10-17)22-21(15-25-27-22)13-20(14-24)23(28)26-16(2)18-7-5-4-6-8-18/h4-13,15-16H,3H2,1-2H3,(H,25,27)(H,26,28). The zero-order valence-corrected chi connectivity index (χ0v) is 15.9. The van der Waals surface area contributed by atoms with Crippen LogP contribution in [0, 0.1) is 11.3 Å². The second-order valence-corrected chi connectivity index (χ2v) is 6.53. The molecule has 3 aromatic rings. The molecular weight excluding hydrogens is 348 g/mol. The number of hydrogen-bond acceptors (Lipinski definition) is 3. The van der Waals surface area contributed by atoms with Crippen LogP contribution in [0.25, 0.3) is 17.3 Å². The number of nitrogens with one attached hydrogen (secondary N) is 2. The third kappa shape index (κ3) is 4.36. The van der Waals surface area contributed by atoms with Crippen LogP contribution in [0.1, 0.15) is 36.6 Å². The normalized spacial score (nSPS) is 12.2. The number of amides is 1. The largest absolute Gasteiger partial charge is 0.345 e. The fourth-order valence-electron chi connectivity index (χ4n) is 2.95. The molecule has 0 aliphatic rings. The van der Waals surface area contributed by atoms with Gasteiger partial charge in [0.25, 0.3) is 5.91 Å². The van der Waals surface area contributed by atoms with Gasteiger partial charge in [-0.15, -0.1) is 0 Å². The number of H-pyrrole nitrogens is 1. The summed E-state index contributed by atoms with van der Waals surface area (Å²) in [5.41, 5.74) is 4.69. The lowest BCUT2D eigenvalue weighted by molar-refractivity contribution is -0.117. The Morgan fingerprint density at radius 2 is 1.93 bits per heavy atom. The topological polar surface area (TPSA) is 81.6 Å². The van der Waals surface area contributed by atoms with E-state index in [1.165, 1.54) is 5.56 Å². The highest BCUT2D eigenvalue weighted by molar-refractivity contribution is 6.02. The average Bonchev–Trinajstić information content (AvgIpc) is 3.20. The molecule has 1 amide bonds. The Morgan fingerprint density at radius 1 is 1.21 bits per heavy atom. The third-order valence-electron chi connectivity index (χ3n) is 4.63. The molecule has 1 heterocycles. The van der Waals surface area contributed by atoms with Crippen LogP contribution in [0.3, 0.4) is 0 Å². The van der Waals surface area contributed by atoms with Gasteiger partial charge in [0.1, 0.15) is 11.6 Å². The van der Waals surface area contributed by atoms with Gasteiger partial charge in [-0.3, -0.25) is 9.89 Å². The van der Waals surface area contributed by atoms with Gasteiger partial charge in [0, 0.05) is 11.1 Å². The molecule has 0 saturated heterocycles. The molecule has 0 bridgehead atoms. The first-order valence-electron chi connectivity index (χ1n) is 9.22. The average molecular weight is 370 g/mol. The Kier molecular flexibility index (Phi) is 6.03. The molecule has 1 atom stereocenters. The van der Waals surface area contributed by atoms with Crippen LogP contribution < -0.4 is 5.32 Å². The predicted octanol–water partition coefficient (Wildman–Crippen LogP) is 4.42. The fourth-order valence-corrected chi connectivity index (χ4v) is 2.95. The van der Waals surface area contributed by atoms with E-state index in [1.54, 1.807) is 12.3 Å². The molecule has 0 aliphatic heterocycles. The van der Waals surface area contributed by atoms with E-state index in [0.29, 0.717) is 5.56 Å². The zero-order valence-electron chi connectivity index (χ0n) is 15.9. The van der Waals surface area contributed by atoms with Gasteiger partial charge in [-0.05, 0) is 30.5 Å². The minimum atomic E-state index is -0.410. The van der Waals surface area contributed by atoms with Crippen LogP contribution in [0.5, 0.6) is 0 Å². The summed E-state index contributed by atoms with van der Waals surface area (Å²) in [7, 11) is 0. The van der Waals surface area contributed by atoms with Crippen molar-refractivity contribution in [2.45, 2.75) is 26.3 Å². The molecule has 0 radical (unpaired) electrons. The van der Waals surface area contributed by atoms with E-state index in [-0.39, 0.29) is 11.6 Å². The number of aryl methyl sites for hydroxylation is 1. The number of aromatic amines is 1. The molecule has 0 aliphatic carbocycles. The molecule has 1 aromatic heterocycles. The third-order valence-corrected chi connectivity index (χ3v) is 4.63. The Labute approximate surface area is 164 Å². The van der Waals surface area contributed by atoms with Gasteiger partial charge in [0.2, 0.25) is 0 Å². The van der Waals surface area contributed by atoms with Crippen LogP contribution in [-0.4, -0.2) is 16.1 Å². The molecular formula is C23H22N4O. The van der Waals surface area contributed by atoms with Gasteiger partial charge < -0.3 is 5.32 Å². The second-order valence-electron chi connectivity index (χ2n) is 6.53. The minimum absolute atomic E-state index is 0.0376. The first kappa shape index (κ1) is 19.1. The molecule has 0 spiro atoms. The molecule has 3 rings (SSSR count). The van der Waals surface area contributed by atoms with Gasteiger partial charge in [-0.1, -0.05) is 61.5 Å². The maximum absolute atomic E-state index is 12.6. The first-order valence-corrected chi connectivity index (χ1v) is 9.22. The van der Waals surface area contributed by atoms with Crippen molar-refractivity contribution in [2.24, 2.45) is 0 Å². The van der Waals surface area contributed by atoms with E-state index in [9.17, 15) is 10.1 Å². The summed E-state index contributed by atoms with van der Waals surface area (Å²) in [5.74, 6) is -0.410. The van der Waals surface area contributed by atoms with Crippen molar-refractivity contribution in [3.05, 3.63) is 83.1 Å². The highest BCUT2D eigenvalue weighted by Crippen LogP contribution is 2.24. The Hall–Kier alpha value is -3.65. The highest BCUT2D eigenvalue weighted by Gasteiger charge is 2.15. The van der Waals surface area contributed by atoms with E-state index in [2.05, 4.69) is 34.6 Å². The van der Waals surface area contributed by atoms with E-state index < -0.39 is 5.91 Å². The monoisotopic (exact) mass is 370 g/mol. The van der Waals surface area contributed by atoms with Crippen LogP contribution in [-0.2, 0) is 11.2 Å². The van der Waals surface area contributed by atoms with Crippen molar-refractivity contribution in [2.75, 3.05) is 0 Å². The summed E-state index contributed by atoms with van der Waals surface area (Å²) >= 11 is 0. The summed E-state index contributed by atoms with van der Waals surface area (Å²) in [5, 5.41) is 19.4. The van der Waals surface area contributed by atoms with E-state index >= 15 is 0 Å². The lowest BCUT2D eigenvalue weighted by Crippen LogP contribution is -2.27. The molecule has 5 heteroatoms.